The molecule has 2 aromatic rings. The Hall–Kier alpha value is -2.14. The van der Waals surface area contributed by atoms with Crippen LogP contribution in [0.4, 0.5) is 0 Å². The first-order valence-electron chi connectivity index (χ1n) is 9.65. The Bertz CT molecular complexity index is 798. The minimum Gasteiger partial charge on any atom is -0.437 e. The van der Waals surface area contributed by atoms with Crippen molar-refractivity contribution >= 4 is 5.91 Å². The Kier molecular flexibility index (Phi) is 4.81. The highest BCUT2D eigenvalue weighted by Crippen LogP contribution is 2.24. The third-order valence-electron chi connectivity index (χ3n) is 5.59. The van der Waals surface area contributed by atoms with Crippen LogP contribution in [0.25, 0.3) is 0 Å². The molecule has 1 amide bonds. The van der Waals surface area contributed by atoms with Crippen molar-refractivity contribution in [2.45, 2.75) is 46.2 Å². The van der Waals surface area contributed by atoms with E-state index in [-0.39, 0.29) is 11.8 Å². The van der Waals surface area contributed by atoms with E-state index in [9.17, 15) is 4.79 Å². The first kappa shape index (κ1) is 17.3. The van der Waals surface area contributed by atoms with Crippen LogP contribution >= 0.6 is 0 Å². The molecule has 0 radical (unpaired) electrons. The zero-order valence-electron chi connectivity index (χ0n) is 15.7. The zero-order chi connectivity index (χ0) is 18.1. The first-order chi connectivity index (χ1) is 12.6. The number of carbonyl (C=O) groups is 1. The highest BCUT2D eigenvalue weighted by atomic mass is 16.4. The molecule has 0 N–H and O–H groups in total. The molecule has 1 aromatic heterocycles. The fourth-order valence-corrected chi connectivity index (χ4v) is 4.02. The van der Waals surface area contributed by atoms with E-state index in [4.69, 9.17) is 4.42 Å². The number of rotatable bonds is 3. The lowest BCUT2D eigenvalue weighted by Gasteiger charge is -2.29. The molecule has 1 saturated heterocycles. The molecule has 1 fully saturated rings. The van der Waals surface area contributed by atoms with Crippen LogP contribution in [-0.4, -0.2) is 40.3 Å². The van der Waals surface area contributed by atoms with Gasteiger partial charge in [-0.25, -0.2) is 4.98 Å². The minimum atomic E-state index is -0.0450. The van der Waals surface area contributed by atoms with Gasteiger partial charge in [-0.05, 0) is 36.8 Å². The molecular weight excluding hydrogens is 326 g/mol. The van der Waals surface area contributed by atoms with Gasteiger partial charge in [0.05, 0.1) is 5.69 Å². The maximum absolute atomic E-state index is 12.7. The molecular formula is C21H27N3O2. The Labute approximate surface area is 155 Å². The number of nitrogens with zero attached hydrogens (tertiary/aromatic N) is 3. The molecule has 0 spiro atoms. The molecule has 0 aliphatic carbocycles. The zero-order valence-corrected chi connectivity index (χ0v) is 15.7. The number of fused-ring (bicyclic) bond motifs is 1. The van der Waals surface area contributed by atoms with Gasteiger partial charge in [-0.1, -0.05) is 31.2 Å². The molecule has 5 nitrogen and oxygen atoms in total. The average molecular weight is 353 g/mol. The lowest BCUT2D eigenvalue weighted by Crippen LogP contribution is -2.39. The summed E-state index contributed by atoms with van der Waals surface area (Å²) in [5.74, 6) is 1.68. The van der Waals surface area contributed by atoms with Crippen LogP contribution in [0.2, 0.25) is 0 Å². The van der Waals surface area contributed by atoms with Crippen molar-refractivity contribution in [2.75, 3.05) is 19.6 Å². The smallest absolute Gasteiger partial charge is 0.309 e. The van der Waals surface area contributed by atoms with E-state index in [1.807, 2.05) is 4.90 Å². The van der Waals surface area contributed by atoms with Gasteiger partial charge in [0, 0.05) is 39.1 Å². The second-order valence-electron chi connectivity index (χ2n) is 7.77. The number of carbonyl (C=O) groups excluding carboxylic acids is 1. The second-order valence-corrected chi connectivity index (χ2v) is 7.77. The second kappa shape index (κ2) is 7.23. The standard InChI is InChI=1S/C21H27N3O2/c1-15-6-5-10-24(12-15)21(25)20-22-18-14-23(11-9-19(18)26-20)13-17-8-4-3-7-16(17)2/h3-4,7-8,15H,5-6,9-14H2,1-2H3/t15-/m1/s1. The average Bonchev–Trinajstić information content (AvgIpc) is 3.06. The van der Waals surface area contributed by atoms with Gasteiger partial charge >= 0.3 is 5.91 Å². The summed E-state index contributed by atoms with van der Waals surface area (Å²) in [6.45, 7) is 8.56. The van der Waals surface area contributed by atoms with Crippen LogP contribution in [0.15, 0.2) is 28.7 Å². The largest absolute Gasteiger partial charge is 0.437 e. The van der Waals surface area contributed by atoms with E-state index in [1.165, 1.54) is 17.5 Å². The molecule has 2 aliphatic rings. The fraction of sp³-hybridized carbons (Fsp3) is 0.524. The number of benzene rings is 1. The van der Waals surface area contributed by atoms with Crippen LogP contribution < -0.4 is 0 Å². The summed E-state index contributed by atoms with van der Waals surface area (Å²) in [7, 11) is 0. The summed E-state index contributed by atoms with van der Waals surface area (Å²) in [4.78, 5) is 21.6. The normalized spacial score (nSPS) is 20.8. The van der Waals surface area contributed by atoms with E-state index in [0.717, 1.165) is 57.0 Å². The molecule has 2 aliphatic heterocycles. The van der Waals surface area contributed by atoms with E-state index in [1.54, 1.807) is 0 Å². The van der Waals surface area contributed by atoms with E-state index >= 15 is 0 Å². The minimum absolute atomic E-state index is 0.0450. The fourth-order valence-electron chi connectivity index (χ4n) is 4.02. The van der Waals surface area contributed by atoms with Crippen LogP contribution in [0.5, 0.6) is 0 Å². The molecule has 3 heterocycles. The lowest BCUT2D eigenvalue weighted by molar-refractivity contribution is 0.0640. The molecule has 5 heteroatoms. The van der Waals surface area contributed by atoms with Gasteiger partial charge < -0.3 is 9.32 Å². The van der Waals surface area contributed by atoms with E-state index in [2.05, 4.69) is 48.0 Å². The molecule has 0 bridgehead atoms. The molecule has 0 saturated carbocycles. The number of aromatic nitrogens is 1. The van der Waals surface area contributed by atoms with Crippen LogP contribution in [-0.2, 0) is 19.5 Å². The van der Waals surface area contributed by atoms with Gasteiger partial charge in [0.25, 0.3) is 5.89 Å². The summed E-state index contributed by atoms with van der Waals surface area (Å²) in [6, 6.07) is 8.49. The quantitative estimate of drug-likeness (QED) is 0.848. The Morgan fingerprint density at radius 2 is 2.15 bits per heavy atom. The van der Waals surface area contributed by atoms with Crippen molar-refractivity contribution in [3.63, 3.8) is 0 Å². The SMILES string of the molecule is Cc1ccccc1CN1CCc2oc(C(=O)N3CCC[C@@H](C)C3)nc2C1. The van der Waals surface area contributed by atoms with Gasteiger partial charge in [0.15, 0.2) is 0 Å². The number of oxazole rings is 1. The molecule has 138 valence electrons. The molecule has 26 heavy (non-hydrogen) atoms. The third-order valence-corrected chi connectivity index (χ3v) is 5.59. The number of hydrogen-bond acceptors (Lipinski definition) is 4. The highest BCUT2D eigenvalue weighted by Gasteiger charge is 2.29. The highest BCUT2D eigenvalue weighted by molar-refractivity contribution is 5.89. The van der Waals surface area contributed by atoms with Crippen LogP contribution in [0, 0.1) is 12.8 Å². The van der Waals surface area contributed by atoms with Gasteiger partial charge in [-0.15, -0.1) is 0 Å². The summed E-state index contributed by atoms with van der Waals surface area (Å²) in [5, 5.41) is 0. The van der Waals surface area contributed by atoms with Crippen molar-refractivity contribution < 1.29 is 9.21 Å². The summed E-state index contributed by atoms with van der Waals surface area (Å²) < 4.78 is 5.85. The van der Waals surface area contributed by atoms with Crippen LogP contribution in [0.3, 0.4) is 0 Å². The van der Waals surface area contributed by atoms with E-state index < -0.39 is 0 Å². The Morgan fingerprint density at radius 3 is 2.96 bits per heavy atom. The predicted molar refractivity (Wildman–Crippen MR) is 99.8 cm³/mol. The lowest BCUT2D eigenvalue weighted by atomic mass is 10.0. The van der Waals surface area contributed by atoms with Gasteiger partial charge in [0.1, 0.15) is 5.76 Å². The number of amides is 1. The first-order valence-corrected chi connectivity index (χ1v) is 9.65. The summed E-state index contributed by atoms with van der Waals surface area (Å²) in [5.41, 5.74) is 3.59. The third kappa shape index (κ3) is 3.54. The van der Waals surface area contributed by atoms with Gasteiger partial charge in [-0.3, -0.25) is 9.69 Å². The monoisotopic (exact) mass is 353 g/mol. The number of piperidine rings is 1. The topological polar surface area (TPSA) is 49.6 Å². The predicted octanol–water partition coefficient (Wildman–Crippen LogP) is 3.41. The Balaban J connectivity index is 1.45. The number of aryl methyl sites for hydroxylation is 1. The van der Waals surface area contributed by atoms with Crippen molar-refractivity contribution in [3.8, 4) is 0 Å². The van der Waals surface area contributed by atoms with Crippen molar-refractivity contribution in [1.29, 1.82) is 0 Å². The number of likely N-dealkylation sites (tertiary alicyclic amines) is 1. The van der Waals surface area contributed by atoms with Crippen molar-refractivity contribution in [3.05, 3.63) is 52.7 Å². The maximum Gasteiger partial charge on any atom is 0.309 e. The van der Waals surface area contributed by atoms with E-state index in [0.29, 0.717) is 5.92 Å². The molecule has 0 unspecified atom stereocenters. The molecule has 1 aromatic carbocycles. The Morgan fingerprint density at radius 1 is 1.31 bits per heavy atom. The molecule has 4 rings (SSSR count). The van der Waals surface area contributed by atoms with Crippen LogP contribution in [0.1, 0.15) is 53.0 Å². The van der Waals surface area contributed by atoms with Gasteiger partial charge in [0.2, 0.25) is 0 Å². The molecule has 1 atom stereocenters. The van der Waals surface area contributed by atoms with Crippen molar-refractivity contribution in [1.82, 2.24) is 14.8 Å². The number of hydrogen-bond donors (Lipinski definition) is 0. The van der Waals surface area contributed by atoms with Crippen molar-refractivity contribution in [2.24, 2.45) is 5.92 Å². The summed E-state index contributed by atoms with van der Waals surface area (Å²) >= 11 is 0. The van der Waals surface area contributed by atoms with Gasteiger partial charge in [-0.2, -0.15) is 0 Å². The summed E-state index contributed by atoms with van der Waals surface area (Å²) in [6.07, 6.45) is 3.08. The maximum atomic E-state index is 12.7.